The first-order valence-electron chi connectivity index (χ1n) is 5.94. The zero-order valence-corrected chi connectivity index (χ0v) is 11.3. The molecular formula is C12H19BrO3. The second-order valence-corrected chi connectivity index (χ2v) is 5.02. The number of unbranched alkanes of at least 4 members (excludes halogenated alkanes) is 1. The first-order chi connectivity index (χ1) is 7.67. The minimum absolute atomic E-state index is 0.0838. The number of hydrogen-bond acceptors (Lipinski definition) is 3. The first kappa shape index (κ1) is 13.7. The fourth-order valence-corrected chi connectivity index (χ4v) is 2.70. The molecule has 1 unspecified atom stereocenters. The van der Waals surface area contributed by atoms with Gasteiger partial charge in [0.1, 0.15) is 11.2 Å². The van der Waals surface area contributed by atoms with Crippen molar-refractivity contribution in [2.24, 2.45) is 5.41 Å². The van der Waals surface area contributed by atoms with Crippen molar-refractivity contribution in [2.45, 2.75) is 45.4 Å². The number of carbonyl (C=O) groups is 2. The first-order valence-corrected chi connectivity index (χ1v) is 7.06. The third-order valence-electron chi connectivity index (χ3n) is 3.19. The number of halogens is 1. The summed E-state index contributed by atoms with van der Waals surface area (Å²) in [5, 5.41) is 0.917. The van der Waals surface area contributed by atoms with Gasteiger partial charge in [-0.25, -0.2) is 0 Å². The summed E-state index contributed by atoms with van der Waals surface area (Å²) in [5.41, 5.74) is -0.807. The van der Waals surface area contributed by atoms with Gasteiger partial charge in [0.05, 0.1) is 6.61 Å². The van der Waals surface area contributed by atoms with Crippen molar-refractivity contribution in [2.75, 3.05) is 11.9 Å². The molecule has 0 spiro atoms. The quantitative estimate of drug-likeness (QED) is 0.327. The molecule has 1 rings (SSSR count). The molecule has 0 saturated heterocycles. The Labute approximate surface area is 105 Å². The lowest BCUT2D eigenvalue weighted by molar-refractivity contribution is -0.159. The lowest BCUT2D eigenvalue weighted by atomic mass is 9.80. The van der Waals surface area contributed by atoms with Crippen LogP contribution in [0.5, 0.6) is 0 Å². The van der Waals surface area contributed by atoms with E-state index in [0.29, 0.717) is 25.9 Å². The topological polar surface area (TPSA) is 43.4 Å². The van der Waals surface area contributed by atoms with E-state index in [1.165, 1.54) is 0 Å². The van der Waals surface area contributed by atoms with Gasteiger partial charge in [-0.15, -0.1) is 0 Å². The van der Waals surface area contributed by atoms with Gasteiger partial charge in [-0.05, 0) is 32.6 Å². The summed E-state index contributed by atoms with van der Waals surface area (Å²) in [6.45, 7) is 2.13. The molecule has 1 aliphatic carbocycles. The maximum atomic E-state index is 11.9. The van der Waals surface area contributed by atoms with Gasteiger partial charge in [-0.2, -0.15) is 0 Å². The van der Waals surface area contributed by atoms with E-state index in [1.807, 2.05) is 0 Å². The fraction of sp³-hybridized carbons (Fsp3) is 0.833. The molecule has 3 nitrogen and oxygen atoms in total. The number of rotatable bonds is 6. The van der Waals surface area contributed by atoms with Gasteiger partial charge in [0, 0.05) is 11.8 Å². The number of ether oxygens (including phenoxy) is 1. The lowest BCUT2D eigenvalue weighted by Crippen LogP contribution is -2.37. The lowest BCUT2D eigenvalue weighted by Gasteiger charge is -2.24. The van der Waals surface area contributed by atoms with Crippen molar-refractivity contribution in [3.05, 3.63) is 0 Å². The smallest absolute Gasteiger partial charge is 0.319 e. The Morgan fingerprint density at radius 1 is 1.50 bits per heavy atom. The predicted octanol–water partition coefficient (Wildman–Crippen LogP) is 2.85. The highest BCUT2D eigenvalue weighted by molar-refractivity contribution is 9.09. The standard InChI is InChI=1S/C12H19BrO3/c1-2-16-11(15)12(7-3-4-9-13)8-5-6-10(12)14/h2-9H2,1H3. The number of Topliss-reactive ketones (excluding diaryl/α,β-unsaturated/α-hetero) is 1. The third kappa shape index (κ3) is 2.84. The molecule has 0 aromatic rings. The molecule has 92 valence electrons. The maximum absolute atomic E-state index is 11.9. The Kier molecular flexibility index (Phi) is 5.46. The van der Waals surface area contributed by atoms with Gasteiger partial charge in [0.15, 0.2) is 0 Å². The summed E-state index contributed by atoms with van der Waals surface area (Å²) >= 11 is 3.36. The van der Waals surface area contributed by atoms with Crippen LogP contribution in [-0.4, -0.2) is 23.7 Å². The van der Waals surface area contributed by atoms with Crippen molar-refractivity contribution in [1.82, 2.24) is 0 Å². The molecule has 1 atom stereocenters. The molecule has 0 N–H and O–H groups in total. The van der Waals surface area contributed by atoms with E-state index >= 15 is 0 Å². The minimum Gasteiger partial charge on any atom is -0.465 e. The highest BCUT2D eigenvalue weighted by Crippen LogP contribution is 2.40. The van der Waals surface area contributed by atoms with Crippen molar-refractivity contribution in [3.63, 3.8) is 0 Å². The predicted molar refractivity (Wildman–Crippen MR) is 65.6 cm³/mol. The number of ketones is 1. The average molecular weight is 291 g/mol. The molecule has 0 heterocycles. The fourth-order valence-electron chi connectivity index (χ4n) is 2.30. The second-order valence-electron chi connectivity index (χ2n) is 4.23. The molecule has 1 fully saturated rings. The highest BCUT2D eigenvalue weighted by atomic mass is 79.9. The van der Waals surface area contributed by atoms with E-state index in [1.54, 1.807) is 6.92 Å². The molecule has 0 amide bonds. The molecular weight excluding hydrogens is 272 g/mol. The van der Waals surface area contributed by atoms with Crippen LogP contribution in [0.15, 0.2) is 0 Å². The van der Waals surface area contributed by atoms with Gasteiger partial charge in [0.25, 0.3) is 0 Å². The van der Waals surface area contributed by atoms with Gasteiger partial charge in [-0.3, -0.25) is 9.59 Å². The summed E-state index contributed by atoms with van der Waals surface area (Å²) in [7, 11) is 0. The monoisotopic (exact) mass is 290 g/mol. The summed E-state index contributed by atoms with van der Waals surface area (Å²) < 4.78 is 5.06. The number of alkyl halides is 1. The molecule has 0 aromatic carbocycles. The summed E-state index contributed by atoms with van der Waals surface area (Å²) in [6, 6.07) is 0. The summed E-state index contributed by atoms with van der Waals surface area (Å²) in [5.74, 6) is -0.215. The van der Waals surface area contributed by atoms with Crippen LogP contribution in [0.4, 0.5) is 0 Å². The van der Waals surface area contributed by atoms with Crippen LogP contribution < -0.4 is 0 Å². The molecule has 0 bridgehead atoms. The van der Waals surface area contributed by atoms with Crippen LogP contribution in [0.3, 0.4) is 0 Å². The van der Waals surface area contributed by atoms with E-state index in [9.17, 15) is 9.59 Å². The van der Waals surface area contributed by atoms with Crippen LogP contribution in [-0.2, 0) is 14.3 Å². The Balaban J connectivity index is 2.68. The Morgan fingerprint density at radius 2 is 2.25 bits per heavy atom. The van der Waals surface area contributed by atoms with Crippen molar-refractivity contribution in [1.29, 1.82) is 0 Å². The summed E-state index contributed by atoms with van der Waals surface area (Å²) in [6.07, 6.45) is 4.58. The van der Waals surface area contributed by atoms with Crippen LogP contribution in [0, 0.1) is 5.41 Å². The SMILES string of the molecule is CCOC(=O)C1(CCCCBr)CCCC1=O. The van der Waals surface area contributed by atoms with Gasteiger partial charge < -0.3 is 4.74 Å². The van der Waals surface area contributed by atoms with E-state index in [2.05, 4.69) is 15.9 Å². The average Bonchev–Trinajstić information content (AvgIpc) is 2.62. The van der Waals surface area contributed by atoms with Crippen molar-refractivity contribution in [3.8, 4) is 0 Å². The Bertz CT molecular complexity index is 265. The number of esters is 1. The van der Waals surface area contributed by atoms with E-state index in [4.69, 9.17) is 4.74 Å². The van der Waals surface area contributed by atoms with Crippen LogP contribution in [0.25, 0.3) is 0 Å². The molecule has 0 aliphatic heterocycles. The molecule has 1 saturated carbocycles. The molecule has 0 aromatic heterocycles. The minimum atomic E-state index is -0.807. The highest BCUT2D eigenvalue weighted by Gasteiger charge is 2.48. The largest absolute Gasteiger partial charge is 0.465 e. The number of hydrogen-bond donors (Lipinski definition) is 0. The maximum Gasteiger partial charge on any atom is 0.319 e. The van der Waals surface area contributed by atoms with Crippen LogP contribution in [0.2, 0.25) is 0 Å². The van der Waals surface area contributed by atoms with Gasteiger partial charge in [-0.1, -0.05) is 22.4 Å². The van der Waals surface area contributed by atoms with Gasteiger partial charge >= 0.3 is 5.97 Å². The van der Waals surface area contributed by atoms with Gasteiger partial charge in [0.2, 0.25) is 0 Å². The van der Waals surface area contributed by atoms with E-state index in [-0.39, 0.29) is 11.8 Å². The normalized spacial score (nSPS) is 24.8. The molecule has 0 radical (unpaired) electrons. The number of carbonyl (C=O) groups excluding carboxylic acids is 2. The third-order valence-corrected chi connectivity index (χ3v) is 3.76. The Hall–Kier alpha value is -0.380. The van der Waals surface area contributed by atoms with E-state index < -0.39 is 5.41 Å². The Morgan fingerprint density at radius 3 is 2.75 bits per heavy atom. The second kappa shape index (κ2) is 6.38. The van der Waals surface area contributed by atoms with Crippen molar-refractivity contribution < 1.29 is 14.3 Å². The van der Waals surface area contributed by atoms with Crippen LogP contribution >= 0.6 is 15.9 Å². The molecule has 16 heavy (non-hydrogen) atoms. The molecule has 4 heteroatoms. The van der Waals surface area contributed by atoms with Crippen molar-refractivity contribution >= 4 is 27.7 Å². The molecule has 1 aliphatic rings. The zero-order valence-electron chi connectivity index (χ0n) is 9.76. The van der Waals surface area contributed by atoms with Crippen LogP contribution in [0.1, 0.15) is 45.4 Å². The van der Waals surface area contributed by atoms with E-state index in [0.717, 1.165) is 24.6 Å². The zero-order chi connectivity index (χ0) is 12.0. The summed E-state index contributed by atoms with van der Waals surface area (Å²) in [4.78, 5) is 23.8.